The first-order valence-corrected chi connectivity index (χ1v) is 13.7. The number of fused-ring (bicyclic) bond motifs is 1. The second-order valence-electron chi connectivity index (χ2n) is 9.83. The van der Waals surface area contributed by atoms with E-state index in [1.807, 2.05) is 37.3 Å². The zero-order valence-electron chi connectivity index (χ0n) is 22.6. The molecular weight excluding hydrogens is 543 g/mol. The van der Waals surface area contributed by atoms with Crippen molar-refractivity contribution in [3.05, 3.63) is 106 Å². The standard InChI is InChI=1S/C33H28ClFN2O4/c1-3-7-19(22-15-13-21(35)18-30(22)41-2)17-29(38)20-12-14-23(25(16-20)33(39)40)31-24(8-6-9-26(31)34)32-36-27-10-4-5-11-28(27)37-32/h4-6,8-16,18-19H,3,7,17H2,1-2H3,(H,36,37)(H,39,40). The summed E-state index contributed by atoms with van der Waals surface area (Å²) in [7, 11) is 1.47. The summed E-state index contributed by atoms with van der Waals surface area (Å²) in [5.74, 6) is -1.11. The summed E-state index contributed by atoms with van der Waals surface area (Å²) in [4.78, 5) is 34.0. The van der Waals surface area contributed by atoms with Crippen LogP contribution in [-0.4, -0.2) is 33.9 Å². The third-order valence-corrected chi connectivity index (χ3v) is 7.52. The number of carbonyl (C=O) groups excluding carboxylic acids is 1. The van der Waals surface area contributed by atoms with Crippen LogP contribution in [0.2, 0.25) is 5.02 Å². The van der Waals surface area contributed by atoms with E-state index < -0.39 is 11.8 Å². The number of benzene rings is 4. The number of carboxylic acids is 1. The van der Waals surface area contributed by atoms with Crippen molar-refractivity contribution in [2.45, 2.75) is 32.1 Å². The lowest BCUT2D eigenvalue weighted by atomic mass is 9.86. The molecule has 0 aliphatic carbocycles. The van der Waals surface area contributed by atoms with Gasteiger partial charge in [0.1, 0.15) is 17.4 Å². The number of rotatable bonds is 10. The number of halogens is 2. The van der Waals surface area contributed by atoms with Gasteiger partial charge >= 0.3 is 5.97 Å². The number of ether oxygens (including phenoxy) is 1. The summed E-state index contributed by atoms with van der Waals surface area (Å²) in [5.41, 5.74) is 4.09. The number of methoxy groups -OCH3 is 1. The van der Waals surface area contributed by atoms with Crippen molar-refractivity contribution in [1.82, 2.24) is 9.97 Å². The highest BCUT2D eigenvalue weighted by Crippen LogP contribution is 2.40. The number of hydrogen-bond donors (Lipinski definition) is 2. The highest BCUT2D eigenvalue weighted by molar-refractivity contribution is 6.34. The predicted octanol–water partition coefficient (Wildman–Crippen LogP) is 8.55. The number of imidazole rings is 1. The lowest BCUT2D eigenvalue weighted by Gasteiger charge is -2.19. The largest absolute Gasteiger partial charge is 0.496 e. The molecule has 0 fully saturated rings. The van der Waals surface area contributed by atoms with Gasteiger partial charge < -0.3 is 14.8 Å². The molecule has 0 spiro atoms. The van der Waals surface area contributed by atoms with E-state index in [-0.39, 0.29) is 29.2 Å². The number of Topliss-reactive ketones (excluding diaryl/α,β-unsaturated/α-hetero) is 1. The van der Waals surface area contributed by atoms with Gasteiger partial charge in [-0.15, -0.1) is 0 Å². The Hall–Kier alpha value is -4.49. The van der Waals surface area contributed by atoms with E-state index in [0.29, 0.717) is 39.7 Å². The minimum atomic E-state index is -1.18. The van der Waals surface area contributed by atoms with Crippen LogP contribution in [0.15, 0.2) is 78.9 Å². The molecular formula is C33H28ClFN2O4. The number of H-pyrrole nitrogens is 1. The molecule has 0 amide bonds. The Morgan fingerprint density at radius 1 is 1.02 bits per heavy atom. The van der Waals surface area contributed by atoms with E-state index in [1.54, 1.807) is 30.3 Å². The molecule has 1 heterocycles. The van der Waals surface area contributed by atoms with Gasteiger partial charge in [0.25, 0.3) is 0 Å². The summed E-state index contributed by atoms with van der Waals surface area (Å²) < 4.78 is 19.2. The summed E-state index contributed by atoms with van der Waals surface area (Å²) in [6, 6.07) is 21.8. The fraction of sp³-hybridized carbons (Fsp3) is 0.182. The Kier molecular flexibility index (Phi) is 8.17. The van der Waals surface area contributed by atoms with Gasteiger partial charge in [-0.25, -0.2) is 14.2 Å². The van der Waals surface area contributed by atoms with Gasteiger partial charge in [-0.3, -0.25) is 4.79 Å². The maximum absolute atomic E-state index is 13.8. The minimum Gasteiger partial charge on any atom is -0.496 e. The Balaban J connectivity index is 1.54. The molecule has 0 saturated heterocycles. The lowest BCUT2D eigenvalue weighted by Crippen LogP contribution is -2.11. The summed E-state index contributed by atoms with van der Waals surface area (Å²) in [6.45, 7) is 2.01. The topological polar surface area (TPSA) is 92.3 Å². The molecule has 0 aliphatic rings. The average Bonchev–Trinajstić information content (AvgIpc) is 3.41. The predicted molar refractivity (Wildman–Crippen MR) is 158 cm³/mol. The first-order chi connectivity index (χ1) is 19.8. The fourth-order valence-corrected chi connectivity index (χ4v) is 5.54. The molecule has 8 heteroatoms. The number of carbonyl (C=O) groups is 2. The zero-order chi connectivity index (χ0) is 29.1. The summed E-state index contributed by atoms with van der Waals surface area (Å²) in [6.07, 6.45) is 1.59. The number of aromatic amines is 1. The smallest absolute Gasteiger partial charge is 0.336 e. The second kappa shape index (κ2) is 11.9. The van der Waals surface area contributed by atoms with Crippen LogP contribution in [0.3, 0.4) is 0 Å². The minimum absolute atomic E-state index is 0.0484. The Morgan fingerprint density at radius 2 is 1.83 bits per heavy atom. The molecule has 0 saturated carbocycles. The van der Waals surface area contributed by atoms with Crippen molar-refractivity contribution >= 4 is 34.4 Å². The number of carboxylic acid groups (broad SMARTS) is 1. The molecule has 5 aromatic rings. The highest BCUT2D eigenvalue weighted by atomic mass is 35.5. The van der Waals surface area contributed by atoms with Gasteiger partial charge in [0, 0.05) is 34.2 Å². The number of ketones is 1. The van der Waals surface area contributed by atoms with E-state index in [2.05, 4.69) is 9.97 Å². The highest BCUT2D eigenvalue weighted by Gasteiger charge is 2.24. The van der Waals surface area contributed by atoms with Crippen LogP contribution >= 0.6 is 11.6 Å². The van der Waals surface area contributed by atoms with Crippen LogP contribution in [0.5, 0.6) is 5.75 Å². The quantitative estimate of drug-likeness (QED) is 0.164. The van der Waals surface area contributed by atoms with Gasteiger partial charge in [-0.05, 0) is 53.8 Å². The van der Waals surface area contributed by atoms with E-state index >= 15 is 0 Å². The second-order valence-corrected chi connectivity index (χ2v) is 10.2. The van der Waals surface area contributed by atoms with Crippen molar-refractivity contribution in [2.24, 2.45) is 0 Å². The van der Waals surface area contributed by atoms with E-state index in [1.165, 1.54) is 25.3 Å². The van der Waals surface area contributed by atoms with Gasteiger partial charge in [0.2, 0.25) is 0 Å². The Morgan fingerprint density at radius 3 is 2.56 bits per heavy atom. The van der Waals surface area contributed by atoms with Crippen molar-refractivity contribution in [3.8, 4) is 28.3 Å². The molecule has 0 bridgehead atoms. The number of hydrogen-bond acceptors (Lipinski definition) is 4. The van der Waals surface area contributed by atoms with Crippen LogP contribution in [0.1, 0.15) is 58.4 Å². The normalized spacial score (nSPS) is 11.9. The molecule has 1 unspecified atom stereocenters. The van der Waals surface area contributed by atoms with Crippen molar-refractivity contribution in [3.63, 3.8) is 0 Å². The van der Waals surface area contributed by atoms with E-state index in [9.17, 15) is 19.1 Å². The van der Waals surface area contributed by atoms with Gasteiger partial charge in [0.05, 0.1) is 23.7 Å². The molecule has 41 heavy (non-hydrogen) atoms. The monoisotopic (exact) mass is 570 g/mol. The lowest BCUT2D eigenvalue weighted by molar-refractivity contribution is 0.0697. The molecule has 1 aromatic heterocycles. The number of aromatic nitrogens is 2. The first-order valence-electron chi connectivity index (χ1n) is 13.3. The summed E-state index contributed by atoms with van der Waals surface area (Å²) >= 11 is 6.66. The third-order valence-electron chi connectivity index (χ3n) is 7.20. The van der Waals surface area contributed by atoms with Gasteiger partial charge in [-0.2, -0.15) is 0 Å². The maximum atomic E-state index is 13.8. The van der Waals surface area contributed by atoms with Gasteiger partial charge in [-0.1, -0.05) is 67.4 Å². The van der Waals surface area contributed by atoms with Crippen LogP contribution in [0.4, 0.5) is 4.39 Å². The molecule has 0 aliphatic heterocycles. The molecule has 5 rings (SSSR count). The molecule has 4 aromatic carbocycles. The Bertz CT molecular complexity index is 1730. The Labute approximate surface area is 241 Å². The van der Waals surface area contributed by atoms with Crippen molar-refractivity contribution < 1.29 is 23.8 Å². The third kappa shape index (κ3) is 5.72. The number of para-hydroxylation sites is 2. The van der Waals surface area contributed by atoms with Crippen LogP contribution in [0, 0.1) is 5.82 Å². The number of nitrogens with zero attached hydrogens (tertiary/aromatic N) is 1. The van der Waals surface area contributed by atoms with Crippen molar-refractivity contribution in [1.29, 1.82) is 0 Å². The molecule has 0 radical (unpaired) electrons. The van der Waals surface area contributed by atoms with Crippen molar-refractivity contribution in [2.75, 3.05) is 7.11 Å². The van der Waals surface area contributed by atoms with Crippen LogP contribution in [0.25, 0.3) is 33.5 Å². The molecule has 6 nitrogen and oxygen atoms in total. The number of aromatic carboxylic acids is 1. The zero-order valence-corrected chi connectivity index (χ0v) is 23.3. The van der Waals surface area contributed by atoms with E-state index in [0.717, 1.165) is 23.0 Å². The SMILES string of the molecule is CCCC(CC(=O)c1ccc(-c2c(Cl)cccc2-c2nc3ccccc3[nH]2)c(C(=O)O)c1)c1ccc(F)cc1OC. The fourth-order valence-electron chi connectivity index (χ4n) is 5.27. The maximum Gasteiger partial charge on any atom is 0.336 e. The summed E-state index contributed by atoms with van der Waals surface area (Å²) in [5, 5.41) is 10.6. The van der Waals surface area contributed by atoms with Gasteiger partial charge in [0.15, 0.2) is 5.78 Å². The van der Waals surface area contributed by atoms with Crippen LogP contribution in [-0.2, 0) is 0 Å². The first kappa shape index (κ1) is 28.1. The van der Waals surface area contributed by atoms with E-state index in [4.69, 9.17) is 16.3 Å². The molecule has 208 valence electrons. The number of nitrogens with one attached hydrogen (secondary N) is 1. The molecule has 2 N–H and O–H groups in total. The van der Waals surface area contributed by atoms with Crippen LogP contribution < -0.4 is 4.74 Å². The average molecular weight is 571 g/mol. The molecule has 1 atom stereocenters.